The van der Waals surface area contributed by atoms with Crippen molar-refractivity contribution in [3.05, 3.63) is 110 Å². The molecule has 0 spiro atoms. The minimum Gasteiger partial charge on any atom is -0.472 e. The first-order valence-corrected chi connectivity index (χ1v) is 9.34. The molecule has 0 amide bonds. The molecule has 0 atom stereocenters. The fraction of sp³-hybridized carbons (Fsp3) is 0. The highest BCUT2D eigenvalue weighted by Crippen LogP contribution is 2.33. The highest BCUT2D eigenvalue weighted by atomic mass is 16.3. The lowest BCUT2D eigenvalue weighted by molar-refractivity contribution is 0.568. The second kappa shape index (κ2) is 7.48. The molecule has 5 rings (SSSR count). The van der Waals surface area contributed by atoms with Gasteiger partial charge in [-0.05, 0) is 54.6 Å². The maximum atomic E-state index is 5.23. The van der Waals surface area contributed by atoms with Crippen LogP contribution in [0.5, 0.6) is 0 Å². The molecule has 0 unspecified atom stereocenters. The van der Waals surface area contributed by atoms with Gasteiger partial charge in [0.1, 0.15) is 17.5 Å². The van der Waals surface area contributed by atoms with Crippen LogP contribution in [0.4, 0.5) is 17.3 Å². The quantitative estimate of drug-likeness (QED) is 0.376. The maximum absolute atomic E-state index is 5.23. The number of pyridine rings is 2. The third kappa shape index (κ3) is 3.41. The Balaban J connectivity index is 1.64. The van der Waals surface area contributed by atoms with Crippen LogP contribution in [0.3, 0.4) is 0 Å². The van der Waals surface area contributed by atoms with Gasteiger partial charge in [-0.25, -0.2) is 9.97 Å². The Morgan fingerprint density at radius 2 is 1.45 bits per heavy atom. The van der Waals surface area contributed by atoms with Crippen LogP contribution < -0.4 is 4.90 Å². The molecule has 5 nitrogen and oxygen atoms in total. The predicted molar refractivity (Wildman–Crippen MR) is 114 cm³/mol. The normalized spacial score (nSPS) is 10.8. The lowest BCUT2D eigenvalue weighted by atomic mass is 10.2. The van der Waals surface area contributed by atoms with E-state index in [0.29, 0.717) is 0 Å². The Morgan fingerprint density at radius 3 is 2.21 bits per heavy atom. The van der Waals surface area contributed by atoms with Crippen molar-refractivity contribution in [2.24, 2.45) is 0 Å². The van der Waals surface area contributed by atoms with Crippen LogP contribution in [-0.4, -0.2) is 14.5 Å². The second-order valence-electron chi connectivity index (χ2n) is 6.51. The van der Waals surface area contributed by atoms with Gasteiger partial charge in [0, 0.05) is 23.6 Å². The number of aromatic nitrogens is 3. The van der Waals surface area contributed by atoms with E-state index in [4.69, 9.17) is 14.4 Å². The molecule has 5 heteroatoms. The van der Waals surface area contributed by atoms with E-state index in [1.54, 1.807) is 12.5 Å². The fourth-order valence-electron chi connectivity index (χ4n) is 3.25. The Bertz CT molecular complexity index is 1120. The van der Waals surface area contributed by atoms with Gasteiger partial charge < -0.3 is 8.98 Å². The van der Waals surface area contributed by atoms with Gasteiger partial charge >= 0.3 is 0 Å². The highest BCUT2D eigenvalue weighted by molar-refractivity contribution is 5.74. The molecule has 0 aliphatic heterocycles. The van der Waals surface area contributed by atoms with E-state index in [1.165, 1.54) is 0 Å². The SMILES string of the molecule is c1ccc(N(c2cccc(-c3ccoc3)n2)c2cccc(-n3cccc3)n2)cc1. The molecular weight excluding hydrogens is 360 g/mol. The smallest absolute Gasteiger partial charge is 0.141 e. The summed E-state index contributed by atoms with van der Waals surface area (Å²) in [5, 5.41) is 0. The van der Waals surface area contributed by atoms with Gasteiger partial charge in [0.2, 0.25) is 0 Å². The van der Waals surface area contributed by atoms with Crippen molar-refractivity contribution in [1.29, 1.82) is 0 Å². The van der Waals surface area contributed by atoms with E-state index >= 15 is 0 Å². The monoisotopic (exact) mass is 378 g/mol. The van der Waals surface area contributed by atoms with Crippen molar-refractivity contribution in [3.8, 4) is 17.1 Å². The summed E-state index contributed by atoms with van der Waals surface area (Å²) in [5.74, 6) is 2.42. The number of hydrogen-bond acceptors (Lipinski definition) is 4. The molecule has 29 heavy (non-hydrogen) atoms. The summed E-state index contributed by atoms with van der Waals surface area (Å²) < 4.78 is 7.21. The average Bonchev–Trinajstić information content (AvgIpc) is 3.50. The van der Waals surface area contributed by atoms with E-state index in [-0.39, 0.29) is 0 Å². The molecule has 4 heterocycles. The molecule has 0 bridgehead atoms. The van der Waals surface area contributed by atoms with Crippen molar-refractivity contribution < 1.29 is 4.42 Å². The molecule has 0 N–H and O–H groups in total. The van der Waals surface area contributed by atoms with E-state index in [2.05, 4.69) is 17.0 Å². The summed E-state index contributed by atoms with van der Waals surface area (Å²) in [5.41, 5.74) is 2.77. The van der Waals surface area contributed by atoms with Crippen LogP contribution in [0.2, 0.25) is 0 Å². The standard InChI is InChI=1S/C24H18N4O/c1-2-8-20(9-3-1)28(23-12-6-10-21(25-23)19-14-17-29-18-19)24-13-7-11-22(26-24)27-15-4-5-16-27/h1-18H. The molecule has 140 valence electrons. The molecule has 0 aliphatic rings. The number of furan rings is 1. The molecule has 0 saturated carbocycles. The Labute approximate surface area is 168 Å². The summed E-state index contributed by atoms with van der Waals surface area (Å²) in [6.07, 6.45) is 7.32. The summed E-state index contributed by atoms with van der Waals surface area (Å²) >= 11 is 0. The lowest BCUT2D eigenvalue weighted by Gasteiger charge is -2.24. The number of benzene rings is 1. The van der Waals surface area contributed by atoms with Crippen LogP contribution in [-0.2, 0) is 0 Å². The van der Waals surface area contributed by atoms with Crippen molar-refractivity contribution in [2.75, 3.05) is 4.90 Å². The van der Waals surface area contributed by atoms with Gasteiger partial charge in [0.15, 0.2) is 0 Å². The van der Waals surface area contributed by atoms with Crippen molar-refractivity contribution in [2.45, 2.75) is 0 Å². The van der Waals surface area contributed by atoms with Gasteiger partial charge in [-0.1, -0.05) is 30.3 Å². The predicted octanol–water partition coefficient (Wildman–Crippen LogP) is 6.00. The first-order valence-electron chi connectivity index (χ1n) is 9.34. The number of anilines is 3. The average molecular weight is 378 g/mol. The largest absolute Gasteiger partial charge is 0.472 e. The maximum Gasteiger partial charge on any atom is 0.141 e. The first kappa shape index (κ1) is 17.0. The van der Waals surface area contributed by atoms with Gasteiger partial charge in [0.05, 0.1) is 18.2 Å². The van der Waals surface area contributed by atoms with Gasteiger partial charge in [0.25, 0.3) is 0 Å². The van der Waals surface area contributed by atoms with E-state index in [0.717, 1.165) is 34.4 Å². The topological polar surface area (TPSA) is 47.1 Å². The van der Waals surface area contributed by atoms with Crippen LogP contribution >= 0.6 is 0 Å². The molecule has 1 aromatic carbocycles. The molecule has 5 aromatic rings. The summed E-state index contributed by atoms with van der Waals surface area (Å²) in [7, 11) is 0. The minimum atomic E-state index is 0.784. The van der Waals surface area contributed by atoms with Crippen LogP contribution in [0.25, 0.3) is 17.1 Å². The van der Waals surface area contributed by atoms with E-state index < -0.39 is 0 Å². The Kier molecular flexibility index (Phi) is 4.39. The molecule has 0 saturated heterocycles. The summed E-state index contributed by atoms with van der Waals surface area (Å²) in [6.45, 7) is 0. The number of para-hydroxylation sites is 1. The summed E-state index contributed by atoms with van der Waals surface area (Å²) in [6, 6.07) is 27.9. The fourth-order valence-corrected chi connectivity index (χ4v) is 3.25. The Morgan fingerprint density at radius 1 is 0.690 bits per heavy atom. The van der Waals surface area contributed by atoms with Crippen molar-refractivity contribution in [3.63, 3.8) is 0 Å². The number of hydrogen-bond donors (Lipinski definition) is 0. The van der Waals surface area contributed by atoms with Crippen LogP contribution in [0.15, 0.2) is 114 Å². The van der Waals surface area contributed by atoms with Gasteiger partial charge in [-0.3, -0.25) is 4.90 Å². The molecule has 0 radical (unpaired) electrons. The molecule has 4 aromatic heterocycles. The Hall–Kier alpha value is -4.12. The zero-order valence-corrected chi connectivity index (χ0v) is 15.6. The van der Waals surface area contributed by atoms with Gasteiger partial charge in [-0.2, -0.15) is 0 Å². The second-order valence-corrected chi connectivity index (χ2v) is 6.51. The van der Waals surface area contributed by atoms with E-state index in [1.807, 2.05) is 89.8 Å². The molecule has 0 fully saturated rings. The number of rotatable bonds is 5. The van der Waals surface area contributed by atoms with E-state index in [9.17, 15) is 0 Å². The number of nitrogens with zero attached hydrogens (tertiary/aromatic N) is 4. The van der Waals surface area contributed by atoms with Crippen molar-refractivity contribution in [1.82, 2.24) is 14.5 Å². The lowest BCUT2D eigenvalue weighted by Crippen LogP contribution is -2.14. The molecule has 0 aliphatic carbocycles. The van der Waals surface area contributed by atoms with Gasteiger partial charge in [-0.15, -0.1) is 0 Å². The zero-order chi connectivity index (χ0) is 19.5. The van der Waals surface area contributed by atoms with Crippen LogP contribution in [0, 0.1) is 0 Å². The third-order valence-corrected chi connectivity index (χ3v) is 4.61. The van der Waals surface area contributed by atoms with Crippen molar-refractivity contribution >= 4 is 17.3 Å². The first-order chi connectivity index (χ1) is 14.4. The van der Waals surface area contributed by atoms with Crippen LogP contribution in [0.1, 0.15) is 0 Å². The third-order valence-electron chi connectivity index (χ3n) is 4.61. The molecular formula is C24H18N4O. The highest BCUT2D eigenvalue weighted by Gasteiger charge is 2.16. The minimum absolute atomic E-state index is 0.784. The zero-order valence-electron chi connectivity index (χ0n) is 15.6. The summed E-state index contributed by atoms with van der Waals surface area (Å²) in [4.78, 5) is 11.8.